The largest absolute Gasteiger partial charge is 0.493 e. The number of thiazole rings is 1. The van der Waals surface area contributed by atoms with E-state index in [9.17, 15) is 9.59 Å². The van der Waals surface area contributed by atoms with Gasteiger partial charge in [0.15, 0.2) is 16.6 Å². The number of carbonyl (C=O) groups is 2. The Labute approximate surface area is 179 Å². The zero-order valence-corrected chi connectivity index (χ0v) is 17.9. The number of methoxy groups -OCH3 is 2. The average molecular weight is 432 g/mol. The Morgan fingerprint density at radius 1 is 1.30 bits per heavy atom. The lowest BCUT2D eigenvalue weighted by Gasteiger charge is -2.26. The van der Waals surface area contributed by atoms with Crippen molar-refractivity contribution in [2.45, 2.75) is 38.3 Å². The maximum Gasteiger partial charge on any atom is 0.255 e. The van der Waals surface area contributed by atoms with Gasteiger partial charge < -0.3 is 19.1 Å². The minimum atomic E-state index is -0.384. The first-order chi connectivity index (χ1) is 14.6. The maximum atomic E-state index is 12.8. The molecule has 160 valence electrons. The molecule has 0 radical (unpaired) electrons. The molecular weight excluding hydrogens is 406 g/mol. The summed E-state index contributed by atoms with van der Waals surface area (Å²) >= 11 is 1.43. The number of anilines is 1. The molecule has 2 aliphatic rings. The molecule has 0 spiro atoms. The number of benzene rings is 1. The molecule has 1 N–H and O–H groups in total. The Hall–Kier alpha value is -2.65. The molecule has 1 aromatic carbocycles. The van der Waals surface area contributed by atoms with Gasteiger partial charge in [-0.3, -0.25) is 14.9 Å². The standard InChI is InChI=1S/C21H25N3O5S/c1-27-15-6-5-13(10-17(15)28-2)11-19(25)24-8-7-14-18(12-24)30-21(22-14)23-20(26)16-4-3-9-29-16/h5-6,10,16H,3-4,7-9,11-12H2,1-2H3,(H,22,23,26). The van der Waals surface area contributed by atoms with Crippen LogP contribution in [-0.4, -0.2) is 55.2 Å². The maximum absolute atomic E-state index is 12.8. The summed E-state index contributed by atoms with van der Waals surface area (Å²) in [5, 5.41) is 3.44. The SMILES string of the molecule is COc1ccc(CC(=O)N2CCc3nc(NC(=O)C4CCCO4)sc3C2)cc1OC. The summed E-state index contributed by atoms with van der Waals surface area (Å²) in [6.07, 6.45) is 2.24. The quantitative estimate of drug-likeness (QED) is 0.756. The summed E-state index contributed by atoms with van der Waals surface area (Å²) in [6.45, 7) is 1.75. The molecule has 1 aromatic heterocycles. The molecule has 30 heavy (non-hydrogen) atoms. The van der Waals surface area contributed by atoms with Gasteiger partial charge in [0.1, 0.15) is 6.10 Å². The molecule has 0 bridgehead atoms. The molecule has 2 aliphatic heterocycles. The number of hydrogen-bond donors (Lipinski definition) is 1. The van der Waals surface area contributed by atoms with E-state index in [-0.39, 0.29) is 24.3 Å². The van der Waals surface area contributed by atoms with Crippen LogP contribution in [0.25, 0.3) is 0 Å². The Kier molecular flexibility index (Phi) is 6.19. The van der Waals surface area contributed by atoms with Crippen molar-refractivity contribution in [3.8, 4) is 11.5 Å². The molecule has 4 rings (SSSR count). The van der Waals surface area contributed by atoms with Crippen LogP contribution in [0.4, 0.5) is 5.13 Å². The second-order valence-electron chi connectivity index (χ2n) is 7.31. The highest BCUT2D eigenvalue weighted by Gasteiger charge is 2.27. The zero-order valence-electron chi connectivity index (χ0n) is 17.1. The molecule has 1 saturated heterocycles. The lowest BCUT2D eigenvalue weighted by Crippen LogP contribution is -2.36. The number of aromatic nitrogens is 1. The summed E-state index contributed by atoms with van der Waals surface area (Å²) in [5.74, 6) is 1.16. The number of carbonyl (C=O) groups excluding carboxylic acids is 2. The topological polar surface area (TPSA) is 90.0 Å². The summed E-state index contributed by atoms with van der Waals surface area (Å²) in [5.41, 5.74) is 1.83. The predicted molar refractivity (Wildman–Crippen MR) is 112 cm³/mol. The second-order valence-corrected chi connectivity index (χ2v) is 8.39. The van der Waals surface area contributed by atoms with Gasteiger partial charge in [-0.2, -0.15) is 0 Å². The van der Waals surface area contributed by atoms with Crippen molar-refractivity contribution >= 4 is 28.3 Å². The third kappa shape index (κ3) is 4.41. The fraction of sp³-hybridized carbons (Fsp3) is 0.476. The van der Waals surface area contributed by atoms with Crippen LogP contribution in [0.15, 0.2) is 18.2 Å². The van der Waals surface area contributed by atoms with E-state index in [0.29, 0.717) is 42.7 Å². The molecule has 9 heteroatoms. The van der Waals surface area contributed by atoms with Gasteiger partial charge in [-0.05, 0) is 30.5 Å². The van der Waals surface area contributed by atoms with E-state index >= 15 is 0 Å². The first-order valence-electron chi connectivity index (χ1n) is 9.97. The number of amides is 2. The minimum absolute atomic E-state index is 0.0474. The molecule has 0 saturated carbocycles. The van der Waals surface area contributed by atoms with Crippen molar-refractivity contribution in [3.63, 3.8) is 0 Å². The monoisotopic (exact) mass is 431 g/mol. The Bertz CT molecular complexity index is 939. The first-order valence-corrected chi connectivity index (χ1v) is 10.8. The van der Waals surface area contributed by atoms with Crippen LogP contribution < -0.4 is 14.8 Å². The predicted octanol–water partition coefficient (Wildman–Crippen LogP) is 2.41. The van der Waals surface area contributed by atoms with Gasteiger partial charge in [-0.1, -0.05) is 17.4 Å². The van der Waals surface area contributed by atoms with Crippen LogP contribution >= 0.6 is 11.3 Å². The van der Waals surface area contributed by atoms with Gasteiger partial charge >= 0.3 is 0 Å². The van der Waals surface area contributed by atoms with E-state index in [2.05, 4.69) is 10.3 Å². The second kappa shape index (κ2) is 9.01. The first kappa shape index (κ1) is 20.6. The van der Waals surface area contributed by atoms with Crippen LogP contribution in [0, 0.1) is 0 Å². The highest BCUT2D eigenvalue weighted by molar-refractivity contribution is 7.15. The van der Waals surface area contributed by atoms with Gasteiger partial charge in [-0.25, -0.2) is 4.98 Å². The van der Waals surface area contributed by atoms with Crippen molar-refractivity contribution < 1.29 is 23.8 Å². The van der Waals surface area contributed by atoms with Gasteiger partial charge in [-0.15, -0.1) is 0 Å². The van der Waals surface area contributed by atoms with E-state index in [0.717, 1.165) is 29.0 Å². The number of nitrogens with one attached hydrogen (secondary N) is 1. The van der Waals surface area contributed by atoms with Crippen molar-refractivity contribution in [1.82, 2.24) is 9.88 Å². The molecule has 3 heterocycles. The minimum Gasteiger partial charge on any atom is -0.493 e. The molecule has 1 fully saturated rings. The molecule has 2 aromatic rings. The normalized spacial score (nSPS) is 18.1. The van der Waals surface area contributed by atoms with Gasteiger partial charge in [0.25, 0.3) is 5.91 Å². The van der Waals surface area contributed by atoms with Gasteiger partial charge in [0.2, 0.25) is 5.91 Å². The van der Waals surface area contributed by atoms with E-state index < -0.39 is 0 Å². The molecule has 1 atom stereocenters. The number of fused-ring (bicyclic) bond motifs is 1. The fourth-order valence-electron chi connectivity index (χ4n) is 3.71. The van der Waals surface area contributed by atoms with E-state index in [4.69, 9.17) is 14.2 Å². The zero-order chi connectivity index (χ0) is 21.1. The Morgan fingerprint density at radius 2 is 2.13 bits per heavy atom. The smallest absolute Gasteiger partial charge is 0.255 e. The number of ether oxygens (including phenoxy) is 3. The van der Waals surface area contributed by atoms with Crippen LogP contribution in [0.5, 0.6) is 11.5 Å². The van der Waals surface area contributed by atoms with Gasteiger partial charge in [0, 0.05) is 24.4 Å². The third-order valence-corrected chi connectivity index (χ3v) is 6.34. The van der Waals surface area contributed by atoms with E-state index in [1.807, 2.05) is 23.1 Å². The number of nitrogens with zero attached hydrogens (tertiary/aromatic N) is 2. The Morgan fingerprint density at radius 3 is 2.87 bits per heavy atom. The van der Waals surface area contributed by atoms with Crippen molar-refractivity contribution in [2.24, 2.45) is 0 Å². The highest BCUT2D eigenvalue weighted by Crippen LogP contribution is 2.30. The van der Waals surface area contributed by atoms with Crippen LogP contribution in [0.1, 0.15) is 29.0 Å². The molecule has 1 unspecified atom stereocenters. The van der Waals surface area contributed by atoms with Crippen LogP contribution in [0.2, 0.25) is 0 Å². The summed E-state index contributed by atoms with van der Waals surface area (Å²) < 4.78 is 16.0. The number of hydrogen-bond acceptors (Lipinski definition) is 7. The summed E-state index contributed by atoms with van der Waals surface area (Å²) in [4.78, 5) is 32.5. The molecule has 8 nitrogen and oxygen atoms in total. The van der Waals surface area contributed by atoms with Crippen molar-refractivity contribution in [1.29, 1.82) is 0 Å². The number of rotatable bonds is 6. The molecule has 2 amide bonds. The van der Waals surface area contributed by atoms with E-state index in [1.54, 1.807) is 14.2 Å². The van der Waals surface area contributed by atoms with Gasteiger partial charge in [0.05, 0.1) is 32.9 Å². The highest BCUT2D eigenvalue weighted by atomic mass is 32.1. The third-order valence-electron chi connectivity index (χ3n) is 5.34. The van der Waals surface area contributed by atoms with Crippen molar-refractivity contribution in [3.05, 3.63) is 34.3 Å². The lowest BCUT2D eigenvalue weighted by atomic mass is 10.1. The molecule has 0 aliphatic carbocycles. The molecular formula is C21H25N3O5S. The summed E-state index contributed by atoms with van der Waals surface area (Å²) in [6, 6.07) is 5.51. The van der Waals surface area contributed by atoms with Crippen LogP contribution in [0.3, 0.4) is 0 Å². The van der Waals surface area contributed by atoms with Crippen molar-refractivity contribution in [2.75, 3.05) is 32.7 Å². The fourth-order valence-corrected chi connectivity index (χ4v) is 4.74. The van der Waals surface area contributed by atoms with Crippen LogP contribution in [-0.2, 0) is 33.7 Å². The Balaban J connectivity index is 1.38. The average Bonchev–Trinajstić information content (AvgIpc) is 3.42. The summed E-state index contributed by atoms with van der Waals surface area (Å²) in [7, 11) is 3.16. The lowest BCUT2D eigenvalue weighted by molar-refractivity contribution is -0.131. The van der Waals surface area contributed by atoms with E-state index in [1.165, 1.54) is 11.3 Å².